The highest BCUT2D eigenvalue weighted by Gasteiger charge is 2.10. The number of hydrogen-bond acceptors (Lipinski definition) is 5. The summed E-state index contributed by atoms with van der Waals surface area (Å²) in [4.78, 5) is 16.5. The summed E-state index contributed by atoms with van der Waals surface area (Å²) >= 11 is 0. The molecule has 0 saturated heterocycles. The molecular formula is C21H15FN4O. The average Bonchev–Trinajstić information content (AvgIpc) is 2.68. The molecule has 0 saturated carbocycles. The number of Topliss-reactive ketones (excluding diaryl/α,β-unsaturated/α-hetero) is 1. The molecule has 2 aromatic heterocycles. The van der Waals surface area contributed by atoms with Crippen LogP contribution in [-0.4, -0.2) is 21.0 Å². The van der Waals surface area contributed by atoms with Crippen molar-refractivity contribution in [1.29, 1.82) is 0 Å². The van der Waals surface area contributed by atoms with Crippen molar-refractivity contribution < 1.29 is 9.18 Å². The van der Waals surface area contributed by atoms with Gasteiger partial charge in [0.25, 0.3) is 0 Å². The van der Waals surface area contributed by atoms with E-state index in [2.05, 4.69) is 15.2 Å². The molecule has 0 aliphatic heterocycles. The lowest BCUT2D eigenvalue weighted by atomic mass is 10.0. The highest BCUT2D eigenvalue weighted by molar-refractivity contribution is 5.97. The fraction of sp³-hybridized carbons (Fsp3) is 0.0476. The summed E-state index contributed by atoms with van der Waals surface area (Å²) in [7, 11) is 0. The molecule has 0 fully saturated rings. The standard InChI is InChI=1S/C21H15FN4O/c22-17-4-1-13(2-5-17)21(27)10-19-9-15-7-14(3-6-20(15)26-25-19)16-8-18(23)12-24-11-16/h1-9,11-12H,10,23H2. The molecule has 0 aliphatic carbocycles. The Hall–Kier alpha value is -3.67. The molecule has 0 aliphatic rings. The Morgan fingerprint density at radius 1 is 0.926 bits per heavy atom. The van der Waals surface area contributed by atoms with Gasteiger partial charge in [-0.25, -0.2) is 4.39 Å². The third kappa shape index (κ3) is 3.64. The first-order chi connectivity index (χ1) is 13.1. The van der Waals surface area contributed by atoms with Gasteiger partial charge in [0.05, 0.1) is 23.3 Å². The largest absolute Gasteiger partial charge is 0.397 e. The number of rotatable bonds is 4. The van der Waals surface area contributed by atoms with E-state index in [4.69, 9.17) is 5.73 Å². The van der Waals surface area contributed by atoms with E-state index in [1.807, 2.05) is 30.3 Å². The fourth-order valence-corrected chi connectivity index (χ4v) is 2.87. The molecule has 0 amide bonds. The maximum atomic E-state index is 13.0. The molecule has 5 nitrogen and oxygen atoms in total. The van der Waals surface area contributed by atoms with E-state index in [1.165, 1.54) is 24.3 Å². The molecule has 2 N–H and O–H groups in total. The predicted molar refractivity (Wildman–Crippen MR) is 102 cm³/mol. The number of halogens is 1. The Morgan fingerprint density at radius 2 is 1.74 bits per heavy atom. The Balaban J connectivity index is 1.64. The zero-order valence-corrected chi connectivity index (χ0v) is 14.3. The number of carbonyl (C=O) groups excluding carboxylic acids is 1. The van der Waals surface area contributed by atoms with Crippen molar-refractivity contribution in [2.45, 2.75) is 6.42 Å². The predicted octanol–water partition coefficient (Wildman–Crippen LogP) is 3.84. The lowest BCUT2D eigenvalue weighted by molar-refractivity contribution is 0.0991. The van der Waals surface area contributed by atoms with Crippen LogP contribution in [-0.2, 0) is 6.42 Å². The van der Waals surface area contributed by atoms with E-state index >= 15 is 0 Å². The topological polar surface area (TPSA) is 81.8 Å². The lowest BCUT2D eigenvalue weighted by Crippen LogP contribution is -2.06. The van der Waals surface area contributed by atoms with E-state index in [0.29, 0.717) is 16.9 Å². The highest BCUT2D eigenvalue weighted by Crippen LogP contribution is 2.24. The van der Waals surface area contributed by atoms with Crippen LogP contribution in [0.2, 0.25) is 0 Å². The molecule has 2 heterocycles. The first-order valence-electron chi connectivity index (χ1n) is 8.34. The third-order valence-corrected chi connectivity index (χ3v) is 4.24. The van der Waals surface area contributed by atoms with E-state index in [-0.39, 0.29) is 18.0 Å². The molecular weight excluding hydrogens is 343 g/mol. The van der Waals surface area contributed by atoms with Gasteiger partial charge in [-0.3, -0.25) is 9.78 Å². The van der Waals surface area contributed by atoms with Crippen molar-refractivity contribution in [2.24, 2.45) is 0 Å². The van der Waals surface area contributed by atoms with Gasteiger partial charge in [0.2, 0.25) is 0 Å². The van der Waals surface area contributed by atoms with Gasteiger partial charge in [-0.2, -0.15) is 10.2 Å². The molecule has 0 bridgehead atoms. The first kappa shape index (κ1) is 16.8. The summed E-state index contributed by atoms with van der Waals surface area (Å²) in [5, 5.41) is 9.19. The summed E-state index contributed by atoms with van der Waals surface area (Å²) in [6.45, 7) is 0. The van der Waals surface area contributed by atoms with Gasteiger partial charge in [-0.15, -0.1) is 0 Å². The molecule has 0 unspecified atom stereocenters. The van der Waals surface area contributed by atoms with E-state index < -0.39 is 0 Å². The smallest absolute Gasteiger partial charge is 0.168 e. The van der Waals surface area contributed by atoms with Gasteiger partial charge < -0.3 is 5.73 Å². The normalized spacial score (nSPS) is 10.9. The number of fused-ring (bicyclic) bond motifs is 1. The summed E-state index contributed by atoms with van der Waals surface area (Å²) in [5.74, 6) is -0.513. The molecule has 0 spiro atoms. The van der Waals surface area contributed by atoms with Crippen molar-refractivity contribution in [3.05, 3.63) is 84.1 Å². The number of nitrogen functional groups attached to an aromatic ring is 1. The number of benzene rings is 2. The number of ketones is 1. The number of anilines is 1. The summed E-state index contributed by atoms with van der Waals surface area (Å²) in [5.41, 5.74) is 9.97. The maximum absolute atomic E-state index is 13.0. The monoisotopic (exact) mass is 358 g/mol. The van der Waals surface area contributed by atoms with Gasteiger partial charge in [0.15, 0.2) is 5.78 Å². The Kier molecular flexibility index (Phi) is 4.30. The molecule has 6 heteroatoms. The minimum absolute atomic E-state index is 0.0959. The van der Waals surface area contributed by atoms with Crippen molar-refractivity contribution in [1.82, 2.24) is 15.2 Å². The van der Waals surface area contributed by atoms with Crippen LogP contribution in [0.1, 0.15) is 16.1 Å². The molecule has 4 aromatic rings. The van der Waals surface area contributed by atoms with Gasteiger partial charge in [0.1, 0.15) is 5.82 Å². The van der Waals surface area contributed by atoms with Crippen LogP contribution in [0.5, 0.6) is 0 Å². The zero-order chi connectivity index (χ0) is 18.8. The number of hydrogen-bond donors (Lipinski definition) is 1. The molecule has 0 atom stereocenters. The zero-order valence-electron chi connectivity index (χ0n) is 14.3. The maximum Gasteiger partial charge on any atom is 0.168 e. The molecule has 0 radical (unpaired) electrons. The number of aromatic nitrogens is 3. The number of carbonyl (C=O) groups is 1. The van der Waals surface area contributed by atoms with E-state index in [1.54, 1.807) is 12.4 Å². The van der Waals surface area contributed by atoms with Crippen LogP contribution in [0.25, 0.3) is 22.0 Å². The number of pyridine rings is 1. The summed E-state index contributed by atoms with van der Waals surface area (Å²) in [6.07, 6.45) is 3.43. The van der Waals surface area contributed by atoms with Gasteiger partial charge in [-0.1, -0.05) is 6.07 Å². The quantitative estimate of drug-likeness (QED) is 0.561. The van der Waals surface area contributed by atoms with Gasteiger partial charge in [0, 0.05) is 28.9 Å². The third-order valence-electron chi connectivity index (χ3n) is 4.24. The Labute approximate surface area is 154 Å². The molecule has 27 heavy (non-hydrogen) atoms. The number of nitrogens with two attached hydrogens (primary N) is 1. The van der Waals surface area contributed by atoms with Crippen molar-refractivity contribution >= 4 is 22.4 Å². The second-order valence-corrected chi connectivity index (χ2v) is 6.22. The van der Waals surface area contributed by atoms with Crippen LogP contribution in [0.3, 0.4) is 0 Å². The summed E-state index contributed by atoms with van der Waals surface area (Å²) in [6, 6.07) is 14.9. The SMILES string of the molecule is Nc1cncc(-c2ccc3nnc(CC(=O)c4ccc(F)cc4)cc3c2)c1. The van der Waals surface area contributed by atoms with Gasteiger partial charge >= 0.3 is 0 Å². The highest BCUT2D eigenvalue weighted by atomic mass is 19.1. The number of nitrogens with zero attached hydrogens (tertiary/aromatic N) is 3. The molecule has 2 aromatic carbocycles. The van der Waals surface area contributed by atoms with Crippen LogP contribution in [0, 0.1) is 5.82 Å². The van der Waals surface area contributed by atoms with Crippen molar-refractivity contribution in [2.75, 3.05) is 5.73 Å². The van der Waals surface area contributed by atoms with Crippen LogP contribution in [0.15, 0.2) is 67.0 Å². The van der Waals surface area contributed by atoms with Crippen LogP contribution < -0.4 is 5.73 Å². The first-order valence-corrected chi connectivity index (χ1v) is 8.34. The van der Waals surface area contributed by atoms with Gasteiger partial charge in [-0.05, 0) is 54.1 Å². The van der Waals surface area contributed by atoms with Crippen molar-refractivity contribution in [3.8, 4) is 11.1 Å². The average molecular weight is 358 g/mol. The van der Waals surface area contributed by atoms with Crippen molar-refractivity contribution in [3.63, 3.8) is 0 Å². The Bertz CT molecular complexity index is 1140. The molecule has 4 rings (SSSR count). The lowest BCUT2D eigenvalue weighted by Gasteiger charge is -2.06. The van der Waals surface area contributed by atoms with E-state index in [9.17, 15) is 9.18 Å². The second kappa shape index (κ2) is 6.92. The van der Waals surface area contributed by atoms with E-state index in [0.717, 1.165) is 22.0 Å². The summed E-state index contributed by atoms with van der Waals surface area (Å²) < 4.78 is 13.0. The minimum Gasteiger partial charge on any atom is -0.397 e. The Morgan fingerprint density at radius 3 is 2.52 bits per heavy atom. The fourth-order valence-electron chi connectivity index (χ4n) is 2.87. The van der Waals surface area contributed by atoms with Crippen LogP contribution >= 0.6 is 0 Å². The second-order valence-electron chi connectivity index (χ2n) is 6.22. The molecule has 132 valence electrons. The minimum atomic E-state index is -0.374. The van der Waals surface area contributed by atoms with Crippen LogP contribution in [0.4, 0.5) is 10.1 Å².